The summed E-state index contributed by atoms with van der Waals surface area (Å²) in [4.78, 5) is 28.6. The number of nitrogens with one attached hydrogen (secondary N) is 3. The summed E-state index contributed by atoms with van der Waals surface area (Å²) in [6, 6.07) is 8.97. The van der Waals surface area contributed by atoms with Crippen LogP contribution in [0.15, 0.2) is 39.5 Å². The van der Waals surface area contributed by atoms with Gasteiger partial charge in [0, 0.05) is 6.54 Å². The van der Waals surface area contributed by atoms with Crippen LogP contribution in [0.2, 0.25) is 0 Å². The normalized spacial score (nSPS) is 11.0. The molecule has 0 aliphatic rings. The maximum absolute atomic E-state index is 12.0. The summed E-state index contributed by atoms with van der Waals surface area (Å²) in [5, 5.41) is 2.80. The Kier molecular flexibility index (Phi) is 4.06. The van der Waals surface area contributed by atoms with Gasteiger partial charge in [-0.05, 0) is 36.1 Å². The van der Waals surface area contributed by atoms with E-state index in [1.807, 2.05) is 24.5 Å². The van der Waals surface area contributed by atoms with E-state index in [0.717, 1.165) is 28.1 Å². The summed E-state index contributed by atoms with van der Waals surface area (Å²) in [5.41, 5.74) is 2.12. The fraction of sp³-hybridized carbons (Fsp3) is 0.200. The van der Waals surface area contributed by atoms with Crippen LogP contribution in [0.3, 0.4) is 0 Å². The summed E-state index contributed by atoms with van der Waals surface area (Å²) in [6.07, 6.45) is 1.98. The van der Waals surface area contributed by atoms with E-state index in [1.165, 1.54) is 0 Å². The molecule has 3 aromatic rings. The van der Waals surface area contributed by atoms with E-state index in [1.54, 1.807) is 23.9 Å². The van der Waals surface area contributed by atoms with Crippen molar-refractivity contribution >= 4 is 28.7 Å². The van der Waals surface area contributed by atoms with Crippen LogP contribution < -0.4 is 11.0 Å². The first-order valence-corrected chi connectivity index (χ1v) is 8.12. The fourth-order valence-electron chi connectivity index (χ4n) is 2.18. The van der Waals surface area contributed by atoms with Gasteiger partial charge in [-0.1, -0.05) is 6.07 Å². The Morgan fingerprint density at radius 1 is 1.23 bits per heavy atom. The highest BCUT2D eigenvalue weighted by Gasteiger charge is 2.11. The van der Waals surface area contributed by atoms with Crippen molar-refractivity contribution in [2.24, 2.45) is 0 Å². The molecule has 1 aromatic carbocycles. The number of imidazole rings is 1. The highest BCUT2D eigenvalue weighted by Crippen LogP contribution is 2.14. The van der Waals surface area contributed by atoms with Gasteiger partial charge in [0.25, 0.3) is 5.91 Å². The Morgan fingerprint density at radius 3 is 2.86 bits per heavy atom. The van der Waals surface area contributed by atoms with Crippen LogP contribution in [0.25, 0.3) is 11.0 Å². The molecule has 0 unspecified atom stereocenters. The molecule has 114 valence electrons. The van der Waals surface area contributed by atoms with Crippen molar-refractivity contribution in [3.05, 3.63) is 57.9 Å². The molecule has 2 aromatic heterocycles. The van der Waals surface area contributed by atoms with Gasteiger partial charge in [-0.15, -0.1) is 0 Å². The van der Waals surface area contributed by atoms with E-state index in [-0.39, 0.29) is 11.6 Å². The molecule has 0 saturated carbocycles. The third kappa shape index (κ3) is 3.09. The zero-order chi connectivity index (χ0) is 15.5. The number of thioether (sulfide) groups is 1. The smallest absolute Gasteiger partial charge is 0.323 e. The van der Waals surface area contributed by atoms with E-state index in [9.17, 15) is 9.59 Å². The van der Waals surface area contributed by atoms with Crippen molar-refractivity contribution in [1.29, 1.82) is 0 Å². The monoisotopic (exact) mass is 317 g/mol. The number of carbonyl (C=O) groups excluding carboxylic acids is 1. The predicted octanol–water partition coefficient (Wildman–Crippen LogP) is 2.24. The summed E-state index contributed by atoms with van der Waals surface area (Å²) in [7, 11) is 0. The summed E-state index contributed by atoms with van der Waals surface area (Å²) in [6.45, 7) is 0.362. The molecule has 0 radical (unpaired) electrons. The van der Waals surface area contributed by atoms with Gasteiger partial charge in [-0.2, -0.15) is 11.8 Å². The van der Waals surface area contributed by atoms with Gasteiger partial charge in [0.15, 0.2) is 5.76 Å². The lowest BCUT2D eigenvalue weighted by atomic mass is 10.2. The minimum Gasteiger partial charge on any atom is -0.455 e. The first-order chi connectivity index (χ1) is 10.7. The highest BCUT2D eigenvalue weighted by molar-refractivity contribution is 7.97. The SMILES string of the molecule is CSCc1ccc(C(=O)NCc2ccc3[nH]c(=O)[nH]c3c2)o1. The molecule has 0 bridgehead atoms. The second-order valence-corrected chi connectivity index (χ2v) is 5.71. The quantitative estimate of drug-likeness (QED) is 0.673. The van der Waals surface area contributed by atoms with E-state index in [2.05, 4.69) is 15.3 Å². The molecule has 3 N–H and O–H groups in total. The number of rotatable bonds is 5. The topological polar surface area (TPSA) is 90.9 Å². The van der Waals surface area contributed by atoms with Crippen molar-refractivity contribution in [2.45, 2.75) is 12.3 Å². The number of aromatic amines is 2. The van der Waals surface area contributed by atoms with Crippen LogP contribution in [0, 0.1) is 0 Å². The molecule has 0 aliphatic carbocycles. The lowest BCUT2D eigenvalue weighted by Crippen LogP contribution is -2.22. The Balaban J connectivity index is 1.67. The number of carbonyl (C=O) groups is 1. The van der Waals surface area contributed by atoms with E-state index in [4.69, 9.17) is 4.42 Å². The van der Waals surface area contributed by atoms with E-state index >= 15 is 0 Å². The van der Waals surface area contributed by atoms with Crippen LogP contribution in [-0.2, 0) is 12.3 Å². The number of hydrogen-bond donors (Lipinski definition) is 3. The third-order valence-electron chi connectivity index (χ3n) is 3.21. The highest BCUT2D eigenvalue weighted by atomic mass is 32.2. The van der Waals surface area contributed by atoms with E-state index in [0.29, 0.717) is 12.3 Å². The zero-order valence-electron chi connectivity index (χ0n) is 11.9. The maximum Gasteiger partial charge on any atom is 0.323 e. The number of H-pyrrole nitrogens is 2. The van der Waals surface area contributed by atoms with Crippen LogP contribution in [-0.4, -0.2) is 22.1 Å². The standard InChI is InChI=1S/C15H15N3O3S/c1-22-8-10-3-5-13(21-10)14(19)16-7-9-2-4-11-12(6-9)18-15(20)17-11/h2-6H,7-8H2,1H3,(H,16,19)(H2,17,18,20). The molecule has 22 heavy (non-hydrogen) atoms. The molecule has 0 spiro atoms. The van der Waals surface area contributed by atoms with Crippen LogP contribution in [0.5, 0.6) is 0 Å². The van der Waals surface area contributed by atoms with Gasteiger partial charge >= 0.3 is 5.69 Å². The molecular weight excluding hydrogens is 302 g/mol. The molecule has 0 fully saturated rings. The van der Waals surface area contributed by atoms with Gasteiger partial charge in [0.05, 0.1) is 16.8 Å². The van der Waals surface area contributed by atoms with Gasteiger partial charge < -0.3 is 19.7 Å². The van der Waals surface area contributed by atoms with Crippen molar-refractivity contribution < 1.29 is 9.21 Å². The second kappa shape index (κ2) is 6.15. The van der Waals surface area contributed by atoms with E-state index < -0.39 is 0 Å². The number of benzene rings is 1. The molecule has 6 nitrogen and oxygen atoms in total. The Morgan fingerprint density at radius 2 is 2.05 bits per heavy atom. The summed E-state index contributed by atoms with van der Waals surface area (Å²) < 4.78 is 5.46. The third-order valence-corrected chi connectivity index (χ3v) is 3.78. The molecule has 7 heteroatoms. The van der Waals surface area contributed by atoms with Crippen molar-refractivity contribution in [2.75, 3.05) is 6.26 Å². The van der Waals surface area contributed by atoms with Crippen LogP contribution in [0.4, 0.5) is 0 Å². The van der Waals surface area contributed by atoms with Gasteiger partial charge in [0.1, 0.15) is 5.76 Å². The summed E-state index contributed by atoms with van der Waals surface area (Å²) in [5.74, 6) is 1.57. The lowest BCUT2D eigenvalue weighted by Gasteiger charge is -2.03. The Bertz CT molecular complexity index is 862. The zero-order valence-corrected chi connectivity index (χ0v) is 12.8. The number of hydrogen-bond acceptors (Lipinski definition) is 4. The lowest BCUT2D eigenvalue weighted by molar-refractivity contribution is 0.0922. The molecule has 0 aliphatic heterocycles. The largest absolute Gasteiger partial charge is 0.455 e. The second-order valence-electron chi connectivity index (χ2n) is 4.84. The first-order valence-electron chi connectivity index (χ1n) is 6.72. The van der Waals surface area contributed by atoms with Gasteiger partial charge in [-0.25, -0.2) is 4.79 Å². The first kappa shape index (κ1) is 14.5. The van der Waals surface area contributed by atoms with Crippen molar-refractivity contribution in [3.8, 4) is 0 Å². The summed E-state index contributed by atoms with van der Waals surface area (Å²) >= 11 is 1.64. The molecular formula is C15H15N3O3S. The van der Waals surface area contributed by atoms with Crippen LogP contribution >= 0.6 is 11.8 Å². The number of furan rings is 1. The van der Waals surface area contributed by atoms with Gasteiger partial charge in [0.2, 0.25) is 0 Å². The molecule has 1 amide bonds. The minimum absolute atomic E-state index is 0.243. The molecule has 0 atom stereocenters. The number of fused-ring (bicyclic) bond motifs is 1. The predicted molar refractivity (Wildman–Crippen MR) is 86.0 cm³/mol. The van der Waals surface area contributed by atoms with Crippen molar-refractivity contribution in [3.63, 3.8) is 0 Å². The van der Waals surface area contributed by atoms with Crippen molar-refractivity contribution in [1.82, 2.24) is 15.3 Å². The van der Waals surface area contributed by atoms with Gasteiger partial charge in [-0.3, -0.25) is 4.79 Å². The Hall–Kier alpha value is -2.41. The fourth-order valence-corrected chi connectivity index (χ4v) is 2.62. The number of aromatic nitrogens is 2. The average molecular weight is 317 g/mol. The van der Waals surface area contributed by atoms with Crippen LogP contribution in [0.1, 0.15) is 21.9 Å². The molecule has 3 rings (SSSR count). The maximum atomic E-state index is 12.0. The number of amides is 1. The molecule has 0 saturated heterocycles. The molecule has 2 heterocycles. The average Bonchev–Trinajstić information content (AvgIpc) is 3.10. The Labute approximate surface area is 130 Å². The minimum atomic E-state index is -0.255.